The van der Waals surface area contributed by atoms with Crippen LogP contribution >= 0.6 is 35.2 Å². The summed E-state index contributed by atoms with van der Waals surface area (Å²) in [6, 6.07) is 15.3. The zero-order valence-electron chi connectivity index (χ0n) is 19.6. The molecule has 2 heterocycles. The minimum Gasteiger partial charge on any atom is -0.385 e. The van der Waals surface area contributed by atoms with E-state index in [1.165, 1.54) is 0 Å². The summed E-state index contributed by atoms with van der Waals surface area (Å²) in [7, 11) is 1.71. The Bertz CT molecular complexity index is 1140. The van der Waals surface area contributed by atoms with Crippen molar-refractivity contribution in [3.8, 4) is 11.1 Å². The summed E-state index contributed by atoms with van der Waals surface area (Å²) in [4.78, 5) is 19.9. The average molecular weight is 529 g/mol. The molecule has 35 heavy (non-hydrogen) atoms. The van der Waals surface area contributed by atoms with E-state index in [9.17, 15) is 4.79 Å². The summed E-state index contributed by atoms with van der Waals surface area (Å²) in [6.45, 7) is 3.32. The molecule has 3 aromatic rings. The van der Waals surface area contributed by atoms with Crippen LogP contribution < -0.4 is 10.6 Å². The van der Waals surface area contributed by atoms with Gasteiger partial charge in [-0.1, -0.05) is 41.9 Å². The number of hydrogen-bond acceptors (Lipinski definition) is 5. The van der Waals surface area contributed by atoms with E-state index in [0.717, 1.165) is 72.4 Å². The number of aromatic nitrogens is 1. The maximum atomic E-state index is 13.0. The van der Waals surface area contributed by atoms with Crippen molar-refractivity contribution < 1.29 is 9.53 Å². The highest BCUT2D eigenvalue weighted by molar-refractivity contribution is 7.80. The third-order valence-electron chi connectivity index (χ3n) is 6.02. The van der Waals surface area contributed by atoms with Crippen LogP contribution in [0.2, 0.25) is 5.02 Å². The smallest absolute Gasteiger partial charge is 0.275 e. The lowest BCUT2D eigenvalue weighted by Crippen LogP contribution is -2.44. The number of likely N-dealkylation sites (tertiary alicyclic amines) is 1. The molecule has 0 radical (unpaired) electrons. The number of nitrogens with zero attached hydrogens (tertiary/aromatic N) is 2. The molecule has 0 atom stereocenters. The van der Waals surface area contributed by atoms with Gasteiger partial charge in [-0.15, -0.1) is 11.3 Å². The topological polar surface area (TPSA) is 66.5 Å². The molecule has 4 rings (SSSR count). The highest BCUT2D eigenvalue weighted by Crippen LogP contribution is 2.32. The van der Waals surface area contributed by atoms with Crippen LogP contribution in [0.25, 0.3) is 11.1 Å². The molecule has 9 heteroatoms. The molecule has 6 nitrogen and oxygen atoms in total. The van der Waals surface area contributed by atoms with Crippen molar-refractivity contribution >= 4 is 51.9 Å². The molecule has 1 amide bonds. The fourth-order valence-electron chi connectivity index (χ4n) is 4.09. The van der Waals surface area contributed by atoms with Crippen LogP contribution in [0, 0.1) is 0 Å². The number of rotatable bonds is 8. The standard InChI is InChI=1S/C26H29ClN4O2S2/c1-33-16-4-13-28-26(34)31-14-11-19(12-15-31)25-30-23(17-35-25)24(32)29-22-6-3-2-5-21(22)18-7-9-20(27)10-8-18/h2-3,5-10,17,19H,4,11-16H2,1H3,(H,28,34)(H,29,32). The monoisotopic (exact) mass is 528 g/mol. The number of thiazole rings is 1. The Labute approximate surface area is 220 Å². The van der Waals surface area contributed by atoms with Gasteiger partial charge in [0.05, 0.1) is 5.01 Å². The lowest BCUT2D eigenvalue weighted by Gasteiger charge is -2.33. The maximum Gasteiger partial charge on any atom is 0.275 e. The molecule has 1 aromatic heterocycles. The van der Waals surface area contributed by atoms with Gasteiger partial charge in [-0.3, -0.25) is 4.79 Å². The summed E-state index contributed by atoms with van der Waals surface area (Å²) in [5, 5.41) is 10.7. The van der Waals surface area contributed by atoms with Gasteiger partial charge in [0.25, 0.3) is 5.91 Å². The first-order chi connectivity index (χ1) is 17.0. The van der Waals surface area contributed by atoms with E-state index in [-0.39, 0.29) is 5.91 Å². The average Bonchev–Trinajstić information content (AvgIpc) is 3.38. The van der Waals surface area contributed by atoms with Crippen molar-refractivity contribution in [3.63, 3.8) is 0 Å². The molecule has 0 bridgehead atoms. The summed E-state index contributed by atoms with van der Waals surface area (Å²) in [5.41, 5.74) is 3.12. The molecular formula is C26H29ClN4O2S2. The number of carbonyl (C=O) groups is 1. The van der Waals surface area contributed by atoms with Gasteiger partial charge in [-0.25, -0.2) is 4.98 Å². The van der Waals surface area contributed by atoms with Crippen molar-refractivity contribution in [2.75, 3.05) is 38.7 Å². The number of methoxy groups -OCH3 is 1. The fourth-order valence-corrected chi connectivity index (χ4v) is 5.47. The normalized spacial score (nSPS) is 14.1. The number of halogens is 1. The number of amides is 1. The van der Waals surface area contributed by atoms with Gasteiger partial charge < -0.3 is 20.3 Å². The van der Waals surface area contributed by atoms with Gasteiger partial charge in [0.1, 0.15) is 5.69 Å². The van der Waals surface area contributed by atoms with Gasteiger partial charge >= 0.3 is 0 Å². The predicted molar refractivity (Wildman–Crippen MR) is 148 cm³/mol. The molecule has 1 saturated heterocycles. The molecule has 184 valence electrons. The Kier molecular flexibility index (Phi) is 9.09. The Morgan fingerprint density at radius 1 is 1.20 bits per heavy atom. The molecule has 1 aliphatic heterocycles. The van der Waals surface area contributed by atoms with Crippen LogP contribution in [0.5, 0.6) is 0 Å². The van der Waals surface area contributed by atoms with Crippen LogP contribution in [0.15, 0.2) is 53.9 Å². The van der Waals surface area contributed by atoms with Crippen LogP contribution in [0.3, 0.4) is 0 Å². The molecule has 0 unspecified atom stereocenters. The Balaban J connectivity index is 1.34. The quantitative estimate of drug-likeness (QED) is 0.284. The number of piperidine rings is 1. The van der Waals surface area contributed by atoms with E-state index < -0.39 is 0 Å². The van der Waals surface area contributed by atoms with E-state index in [1.54, 1.807) is 18.4 Å². The van der Waals surface area contributed by atoms with Gasteiger partial charge in [-0.2, -0.15) is 0 Å². The summed E-state index contributed by atoms with van der Waals surface area (Å²) >= 11 is 13.1. The zero-order valence-corrected chi connectivity index (χ0v) is 22.0. The van der Waals surface area contributed by atoms with Crippen molar-refractivity contribution in [3.05, 3.63) is 69.6 Å². The number of ether oxygens (including phenoxy) is 1. The largest absolute Gasteiger partial charge is 0.385 e. The lowest BCUT2D eigenvalue weighted by atomic mass is 9.98. The third kappa shape index (κ3) is 6.79. The van der Waals surface area contributed by atoms with Crippen LogP contribution in [-0.4, -0.2) is 54.3 Å². The van der Waals surface area contributed by atoms with Gasteiger partial charge in [-0.05, 0) is 55.2 Å². The Morgan fingerprint density at radius 3 is 2.69 bits per heavy atom. The third-order valence-corrected chi connectivity index (χ3v) is 7.68. The molecule has 1 aliphatic rings. The minimum atomic E-state index is -0.201. The van der Waals surface area contributed by atoms with Crippen LogP contribution in [0.4, 0.5) is 5.69 Å². The van der Waals surface area contributed by atoms with Crippen molar-refractivity contribution in [1.82, 2.24) is 15.2 Å². The number of carbonyl (C=O) groups excluding carboxylic acids is 1. The number of benzene rings is 2. The molecule has 0 spiro atoms. The number of thiocarbonyl (C=S) groups is 1. The molecule has 0 saturated carbocycles. The summed E-state index contributed by atoms with van der Waals surface area (Å²) < 4.78 is 5.08. The van der Waals surface area contributed by atoms with E-state index in [2.05, 4.69) is 15.5 Å². The Morgan fingerprint density at radius 2 is 1.94 bits per heavy atom. The molecule has 2 aromatic carbocycles. The van der Waals surface area contributed by atoms with Crippen LogP contribution in [-0.2, 0) is 4.74 Å². The van der Waals surface area contributed by atoms with Crippen molar-refractivity contribution in [2.45, 2.75) is 25.2 Å². The number of hydrogen-bond donors (Lipinski definition) is 2. The molecular weight excluding hydrogens is 500 g/mol. The fraction of sp³-hybridized carbons (Fsp3) is 0.346. The molecule has 1 fully saturated rings. The van der Waals surface area contributed by atoms with Crippen molar-refractivity contribution in [1.29, 1.82) is 0 Å². The highest BCUT2D eigenvalue weighted by atomic mass is 35.5. The first-order valence-electron chi connectivity index (χ1n) is 11.7. The second-order valence-electron chi connectivity index (χ2n) is 8.42. The SMILES string of the molecule is COCCCNC(=S)N1CCC(c2nc(C(=O)Nc3ccccc3-c3ccc(Cl)cc3)cs2)CC1. The van der Waals surface area contributed by atoms with E-state index in [1.807, 2.05) is 53.9 Å². The van der Waals surface area contributed by atoms with Gasteiger partial charge in [0, 0.05) is 60.9 Å². The lowest BCUT2D eigenvalue weighted by molar-refractivity contribution is 0.102. The molecule has 0 aliphatic carbocycles. The first kappa shape index (κ1) is 25.6. The van der Waals surface area contributed by atoms with E-state index in [0.29, 0.717) is 16.6 Å². The first-order valence-corrected chi connectivity index (χ1v) is 13.3. The zero-order chi connectivity index (χ0) is 24.6. The van der Waals surface area contributed by atoms with Crippen LogP contribution in [0.1, 0.15) is 40.7 Å². The second-order valence-corrected chi connectivity index (χ2v) is 10.1. The molecule has 2 N–H and O–H groups in total. The number of para-hydroxylation sites is 1. The van der Waals surface area contributed by atoms with Gasteiger partial charge in [0.2, 0.25) is 0 Å². The minimum absolute atomic E-state index is 0.201. The summed E-state index contributed by atoms with van der Waals surface area (Å²) in [6.07, 6.45) is 2.86. The number of anilines is 1. The number of nitrogens with one attached hydrogen (secondary N) is 2. The van der Waals surface area contributed by atoms with Gasteiger partial charge in [0.15, 0.2) is 5.11 Å². The van der Waals surface area contributed by atoms with Crippen molar-refractivity contribution in [2.24, 2.45) is 0 Å². The predicted octanol–water partition coefficient (Wildman–Crippen LogP) is 5.81. The summed E-state index contributed by atoms with van der Waals surface area (Å²) in [5.74, 6) is 0.142. The van der Waals surface area contributed by atoms with E-state index >= 15 is 0 Å². The Hall–Kier alpha value is -2.52. The van der Waals surface area contributed by atoms with E-state index in [4.69, 9.17) is 33.5 Å². The maximum absolute atomic E-state index is 13.0. The second kappa shape index (κ2) is 12.4. The highest BCUT2D eigenvalue weighted by Gasteiger charge is 2.25.